The molecule has 0 aromatic heterocycles. The molecular formula is C21H18BrNO2. The maximum absolute atomic E-state index is 12.5. The minimum Gasteiger partial charge on any atom is -0.483 e. The Kier molecular flexibility index (Phi) is 4.45. The summed E-state index contributed by atoms with van der Waals surface area (Å²) in [4.78, 5) is 14.4. The second-order valence-electron chi connectivity index (χ2n) is 6.22. The predicted octanol–water partition coefficient (Wildman–Crippen LogP) is 4.57. The summed E-state index contributed by atoms with van der Waals surface area (Å²) in [5.74, 6) is 0.721. The van der Waals surface area contributed by atoms with Crippen LogP contribution in [0.1, 0.15) is 11.1 Å². The lowest BCUT2D eigenvalue weighted by Crippen LogP contribution is -2.38. The second-order valence-corrected chi connectivity index (χ2v) is 7.01. The molecule has 126 valence electrons. The average Bonchev–Trinajstić information content (AvgIpc) is 2.67. The zero-order chi connectivity index (χ0) is 17.2. The molecule has 0 saturated carbocycles. The molecule has 0 fully saturated rings. The molecule has 0 unspecified atom stereocenters. The van der Waals surface area contributed by atoms with Crippen LogP contribution in [0.5, 0.6) is 5.75 Å². The van der Waals surface area contributed by atoms with E-state index in [1.807, 2.05) is 41.3 Å². The van der Waals surface area contributed by atoms with Crippen molar-refractivity contribution in [3.8, 4) is 5.75 Å². The zero-order valence-electron chi connectivity index (χ0n) is 13.7. The Labute approximate surface area is 155 Å². The minimum absolute atomic E-state index is 0.0227. The number of hydrogen-bond acceptors (Lipinski definition) is 2. The van der Waals surface area contributed by atoms with Gasteiger partial charge in [0.25, 0.3) is 5.91 Å². The van der Waals surface area contributed by atoms with Crippen molar-refractivity contribution >= 4 is 32.6 Å². The third-order valence-electron chi connectivity index (χ3n) is 4.66. The first-order chi connectivity index (χ1) is 12.2. The van der Waals surface area contributed by atoms with Crippen molar-refractivity contribution in [3.63, 3.8) is 0 Å². The summed E-state index contributed by atoms with van der Waals surface area (Å²) in [7, 11) is 0. The highest BCUT2D eigenvalue weighted by Gasteiger charge is 2.21. The summed E-state index contributed by atoms with van der Waals surface area (Å²) in [6.45, 7) is 1.47. The fraction of sp³-hybridized carbons (Fsp3) is 0.190. The summed E-state index contributed by atoms with van der Waals surface area (Å²) in [5, 5.41) is 2.22. The zero-order valence-corrected chi connectivity index (χ0v) is 15.3. The van der Waals surface area contributed by atoms with Gasteiger partial charge in [-0.2, -0.15) is 0 Å². The number of halogens is 1. The lowest BCUT2D eigenvalue weighted by Gasteiger charge is -2.28. The van der Waals surface area contributed by atoms with Crippen LogP contribution in [-0.2, 0) is 17.8 Å². The van der Waals surface area contributed by atoms with Gasteiger partial charge in [0, 0.05) is 13.1 Å². The normalized spacial score (nSPS) is 13.6. The molecule has 0 bridgehead atoms. The van der Waals surface area contributed by atoms with Crippen LogP contribution in [-0.4, -0.2) is 24.0 Å². The van der Waals surface area contributed by atoms with E-state index in [1.165, 1.54) is 11.1 Å². The fourth-order valence-electron chi connectivity index (χ4n) is 3.26. The van der Waals surface area contributed by atoms with Crippen molar-refractivity contribution in [1.82, 2.24) is 4.90 Å². The lowest BCUT2D eigenvalue weighted by atomic mass is 10.00. The van der Waals surface area contributed by atoms with Gasteiger partial charge in [-0.1, -0.05) is 54.6 Å². The molecule has 3 aromatic rings. The highest BCUT2D eigenvalue weighted by molar-refractivity contribution is 9.10. The second kappa shape index (κ2) is 6.89. The van der Waals surface area contributed by atoms with Gasteiger partial charge in [-0.3, -0.25) is 4.79 Å². The van der Waals surface area contributed by atoms with E-state index in [4.69, 9.17) is 4.74 Å². The Balaban J connectivity index is 1.45. The quantitative estimate of drug-likeness (QED) is 0.650. The molecule has 0 atom stereocenters. The number of rotatable bonds is 3. The number of amides is 1. The van der Waals surface area contributed by atoms with Crippen molar-refractivity contribution in [3.05, 3.63) is 76.3 Å². The smallest absolute Gasteiger partial charge is 0.260 e. The molecule has 4 rings (SSSR count). The summed E-state index contributed by atoms with van der Waals surface area (Å²) >= 11 is 3.60. The number of nitrogens with zero attached hydrogens (tertiary/aromatic N) is 1. The van der Waals surface area contributed by atoms with Crippen LogP contribution < -0.4 is 4.74 Å². The summed E-state index contributed by atoms with van der Waals surface area (Å²) < 4.78 is 6.70. The monoisotopic (exact) mass is 395 g/mol. The molecule has 0 N–H and O–H groups in total. The Morgan fingerprint density at radius 2 is 1.76 bits per heavy atom. The fourth-order valence-corrected chi connectivity index (χ4v) is 3.87. The highest BCUT2D eigenvalue weighted by Crippen LogP contribution is 2.33. The first-order valence-electron chi connectivity index (χ1n) is 8.37. The van der Waals surface area contributed by atoms with Gasteiger partial charge in [0.05, 0.1) is 4.47 Å². The topological polar surface area (TPSA) is 29.5 Å². The summed E-state index contributed by atoms with van der Waals surface area (Å²) in [6.07, 6.45) is 0.904. The van der Waals surface area contributed by atoms with Crippen LogP contribution in [0.15, 0.2) is 65.1 Å². The average molecular weight is 396 g/mol. The van der Waals surface area contributed by atoms with E-state index in [-0.39, 0.29) is 12.5 Å². The van der Waals surface area contributed by atoms with Crippen LogP contribution >= 0.6 is 15.9 Å². The van der Waals surface area contributed by atoms with E-state index >= 15 is 0 Å². The molecule has 0 radical (unpaired) electrons. The molecule has 1 aliphatic rings. The molecule has 0 spiro atoms. The molecule has 25 heavy (non-hydrogen) atoms. The van der Waals surface area contributed by atoms with Gasteiger partial charge in [-0.25, -0.2) is 0 Å². The number of carbonyl (C=O) groups excluding carboxylic acids is 1. The maximum Gasteiger partial charge on any atom is 0.260 e. The van der Waals surface area contributed by atoms with Crippen LogP contribution in [0.3, 0.4) is 0 Å². The van der Waals surface area contributed by atoms with E-state index in [9.17, 15) is 4.79 Å². The Bertz CT molecular complexity index is 938. The van der Waals surface area contributed by atoms with Gasteiger partial charge < -0.3 is 9.64 Å². The molecule has 0 saturated heterocycles. The first-order valence-corrected chi connectivity index (χ1v) is 9.16. The number of ether oxygens (including phenoxy) is 1. The van der Waals surface area contributed by atoms with E-state index in [0.29, 0.717) is 12.3 Å². The molecule has 3 nitrogen and oxygen atoms in total. The van der Waals surface area contributed by atoms with Crippen molar-refractivity contribution in [1.29, 1.82) is 0 Å². The predicted molar refractivity (Wildman–Crippen MR) is 103 cm³/mol. The van der Waals surface area contributed by atoms with Crippen LogP contribution in [0, 0.1) is 0 Å². The van der Waals surface area contributed by atoms with Crippen molar-refractivity contribution in [2.75, 3.05) is 13.2 Å². The maximum atomic E-state index is 12.5. The van der Waals surface area contributed by atoms with Gasteiger partial charge in [-0.15, -0.1) is 0 Å². The minimum atomic E-state index is 0.0227. The van der Waals surface area contributed by atoms with Crippen LogP contribution in [0.25, 0.3) is 10.8 Å². The molecular weight excluding hydrogens is 378 g/mol. The van der Waals surface area contributed by atoms with E-state index in [1.54, 1.807) is 0 Å². The largest absolute Gasteiger partial charge is 0.483 e. The molecule has 4 heteroatoms. The van der Waals surface area contributed by atoms with Gasteiger partial charge in [0.15, 0.2) is 6.61 Å². The third-order valence-corrected chi connectivity index (χ3v) is 5.48. The SMILES string of the molecule is O=C(COc1ccc2ccccc2c1Br)N1CCc2ccccc2C1. The Morgan fingerprint density at radius 3 is 2.64 bits per heavy atom. The van der Waals surface area contributed by atoms with Gasteiger partial charge >= 0.3 is 0 Å². The standard InChI is InChI=1S/C21H18BrNO2/c22-21-18-8-4-3-6-16(18)9-10-19(21)25-14-20(24)23-12-11-15-5-1-2-7-17(15)13-23/h1-10H,11-14H2. The summed E-state index contributed by atoms with van der Waals surface area (Å²) in [5.41, 5.74) is 2.57. The molecule has 0 aliphatic carbocycles. The highest BCUT2D eigenvalue weighted by atomic mass is 79.9. The number of carbonyl (C=O) groups is 1. The number of benzene rings is 3. The van der Waals surface area contributed by atoms with Crippen molar-refractivity contribution in [2.24, 2.45) is 0 Å². The van der Waals surface area contributed by atoms with Crippen LogP contribution in [0.2, 0.25) is 0 Å². The Morgan fingerprint density at radius 1 is 1.00 bits per heavy atom. The number of fused-ring (bicyclic) bond motifs is 2. The van der Waals surface area contributed by atoms with Gasteiger partial charge in [0.2, 0.25) is 0 Å². The Hall–Kier alpha value is -2.33. The van der Waals surface area contributed by atoms with Gasteiger partial charge in [-0.05, 0) is 50.3 Å². The summed E-state index contributed by atoms with van der Waals surface area (Å²) in [6, 6.07) is 20.3. The van der Waals surface area contributed by atoms with Crippen molar-refractivity contribution in [2.45, 2.75) is 13.0 Å². The van der Waals surface area contributed by atoms with Crippen molar-refractivity contribution < 1.29 is 9.53 Å². The first kappa shape index (κ1) is 16.2. The molecule has 3 aromatic carbocycles. The molecule has 1 amide bonds. The third kappa shape index (κ3) is 3.27. The van der Waals surface area contributed by atoms with Crippen LogP contribution in [0.4, 0.5) is 0 Å². The van der Waals surface area contributed by atoms with E-state index < -0.39 is 0 Å². The van der Waals surface area contributed by atoms with E-state index in [2.05, 4.69) is 40.2 Å². The molecule has 1 aliphatic heterocycles. The number of hydrogen-bond donors (Lipinski definition) is 0. The van der Waals surface area contributed by atoms with Gasteiger partial charge in [0.1, 0.15) is 5.75 Å². The lowest BCUT2D eigenvalue weighted by molar-refractivity contribution is -0.134. The molecule has 1 heterocycles. The van der Waals surface area contributed by atoms with E-state index in [0.717, 1.165) is 28.2 Å².